The first-order valence-corrected chi connectivity index (χ1v) is 9.83. The van der Waals surface area contributed by atoms with E-state index in [1.54, 1.807) is 11.1 Å². The van der Waals surface area contributed by atoms with Crippen LogP contribution in [0, 0.1) is 17.8 Å². The van der Waals surface area contributed by atoms with Crippen molar-refractivity contribution in [2.24, 2.45) is 17.8 Å². The van der Waals surface area contributed by atoms with Crippen LogP contribution in [0.1, 0.15) is 99.8 Å². The van der Waals surface area contributed by atoms with Gasteiger partial charge in [0.2, 0.25) is 0 Å². The van der Waals surface area contributed by atoms with Crippen LogP contribution in [-0.2, 0) is 0 Å². The molecule has 22 heavy (non-hydrogen) atoms. The standard InChI is InChI=1S/C22H42/c1-8-11-13-15-17-20(7)22(18(4)5)21(10-3)19(6)16-14-12-9-2/h15,17,19-21H,8-14,16H2,1-7H3. The minimum absolute atomic E-state index is 0.598. The summed E-state index contributed by atoms with van der Waals surface area (Å²) in [6.45, 7) is 16.4. The lowest BCUT2D eigenvalue weighted by atomic mass is 9.75. The maximum atomic E-state index is 2.47. The molecule has 0 spiro atoms. The summed E-state index contributed by atoms with van der Waals surface area (Å²) in [5, 5.41) is 0. The Bertz CT molecular complexity index is 317. The van der Waals surface area contributed by atoms with Gasteiger partial charge in [-0.05, 0) is 44.4 Å². The van der Waals surface area contributed by atoms with Crippen molar-refractivity contribution in [3.05, 3.63) is 23.3 Å². The molecule has 0 radical (unpaired) electrons. The molecule has 0 amide bonds. The first-order valence-electron chi connectivity index (χ1n) is 9.83. The van der Waals surface area contributed by atoms with Gasteiger partial charge in [-0.1, -0.05) is 96.4 Å². The van der Waals surface area contributed by atoms with Crippen molar-refractivity contribution in [3.63, 3.8) is 0 Å². The second kappa shape index (κ2) is 13.0. The molecule has 130 valence electrons. The lowest BCUT2D eigenvalue weighted by molar-refractivity contribution is 0.344. The summed E-state index contributed by atoms with van der Waals surface area (Å²) in [6.07, 6.45) is 15.5. The molecule has 0 aromatic rings. The molecule has 3 atom stereocenters. The predicted octanol–water partition coefficient (Wildman–Crippen LogP) is 7.95. The SMILES string of the molecule is CCCCC=CC(C)C(=C(C)C)C(CC)C(C)CCCCC. The number of hydrogen-bond donors (Lipinski definition) is 0. The van der Waals surface area contributed by atoms with Crippen molar-refractivity contribution in [3.8, 4) is 0 Å². The van der Waals surface area contributed by atoms with E-state index in [1.165, 1.54) is 51.4 Å². The molecule has 0 N–H and O–H groups in total. The third-order valence-electron chi connectivity index (χ3n) is 5.01. The molecule has 0 saturated carbocycles. The van der Waals surface area contributed by atoms with E-state index < -0.39 is 0 Å². The van der Waals surface area contributed by atoms with Gasteiger partial charge in [-0.2, -0.15) is 0 Å². The summed E-state index contributed by atoms with van der Waals surface area (Å²) in [5.41, 5.74) is 3.25. The number of rotatable bonds is 12. The van der Waals surface area contributed by atoms with Crippen molar-refractivity contribution in [1.29, 1.82) is 0 Å². The van der Waals surface area contributed by atoms with Gasteiger partial charge >= 0.3 is 0 Å². The van der Waals surface area contributed by atoms with E-state index in [4.69, 9.17) is 0 Å². The van der Waals surface area contributed by atoms with E-state index in [9.17, 15) is 0 Å². The first-order chi connectivity index (χ1) is 10.5. The van der Waals surface area contributed by atoms with Gasteiger partial charge in [0.05, 0.1) is 0 Å². The van der Waals surface area contributed by atoms with Crippen LogP contribution >= 0.6 is 0 Å². The topological polar surface area (TPSA) is 0 Å². The summed E-state index contributed by atoms with van der Waals surface area (Å²) >= 11 is 0. The van der Waals surface area contributed by atoms with Crippen LogP contribution in [0.2, 0.25) is 0 Å². The maximum Gasteiger partial charge on any atom is -0.00463 e. The number of allylic oxidation sites excluding steroid dienone is 4. The van der Waals surface area contributed by atoms with Crippen molar-refractivity contribution in [2.45, 2.75) is 99.8 Å². The van der Waals surface area contributed by atoms with Crippen molar-refractivity contribution >= 4 is 0 Å². The highest BCUT2D eigenvalue weighted by molar-refractivity contribution is 5.21. The molecule has 0 aliphatic rings. The van der Waals surface area contributed by atoms with E-state index in [1.807, 2.05) is 0 Å². The molecule has 0 fully saturated rings. The average Bonchev–Trinajstić information content (AvgIpc) is 2.48. The largest absolute Gasteiger partial charge is 0.0879 e. The molecular weight excluding hydrogens is 264 g/mol. The second-order valence-corrected chi connectivity index (χ2v) is 7.30. The molecule has 0 aliphatic carbocycles. The zero-order valence-electron chi connectivity index (χ0n) is 16.5. The summed E-state index contributed by atoms with van der Waals surface area (Å²) < 4.78 is 0. The van der Waals surface area contributed by atoms with Gasteiger partial charge in [0.1, 0.15) is 0 Å². The summed E-state index contributed by atoms with van der Waals surface area (Å²) in [7, 11) is 0. The highest BCUT2D eigenvalue weighted by atomic mass is 14.3. The smallest absolute Gasteiger partial charge is 0.00463 e. The molecule has 0 nitrogen and oxygen atoms in total. The fraction of sp³-hybridized carbons (Fsp3) is 0.818. The van der Waals surface area contributed by atoms with Crippen molar-refractivity contribution < 1.29 is 0 Å². The van der Waals surface area contributed by atoms with Crippen LogP contribution in [0.4, 0.5) is 0 Å². The van der Waals surface area contributed by atoms with Crippen LogP contribution in [0.15, 0.2) is 23.3 Å². The monoisotopic (exact) mass is 306 g/mol. The Morgan fingerprint density at radius 1 is 0.909 bits per heavy atom. The van der Waals surface area contributed by atoms with Crippen LogP contribution < -0.4 is 0 Å². The van der Waals surface area contributed by atoms with E-state index in [-0.39, 0.29) is 0 Å². The normalized spacial score (nSPS) is 15.8. The van der Waals surface area contributed by atoms with Crippen molar-refractivity contribution in [1.82, 2.24) is 0 Å². The fourth-order valence-corrected chi connectivity index (χ4v) is 3.74. The molecular formula is C22H42. The molecule has 0 aromatic heterocycles. The molecule has 3 unspecified atom stereocenters. The zero-order valence-corrected chi connectivity index (χ0v) is 16.5. The maximum absolute atomic E-state index is 2.47. The zero-order chi connectivity index (χ0) is 17.0. The van der Waals surface area contributed by atoms with Crippen LogP contribution in [-0.4, -0.2) is 0 Å². The Morgan fingerprint density at radius 2 is 1.55 bits per heavy atom. The molecule has 0 aromatic carbocycles. The van der Waals surface area contributed by atoms with E-state index in [2.05, 4.69) is 60.6 Å². The predicted molar refractivity (Wildman–Crippen MR) is 103 cm³/mol. The van der Waals surface area contributed by atoms with Gasteiger partial charge in [0.25, 0.3) is 0 Å². The van der Waals surface area contributed by atoms with E-state index in [0.29, 0.717) is 5.92 Å². The highest BCUT2D eigenvalue weighted by Gasteiger charge is 2.23. The lowest BCUT2D eigenvalue weighted by Crippen LogP contribution is -2.18. The lowest BCUT2D eigenvalue weighted by Gasteiger charge is -2.30. The van der Waals surface area contributed by atoms with Gasteiger partial charge in [-0.25, -0.2) is 0 Å². The van der Waals surface area contributed by atoms with Crippen LogP contribution in [0.5, 0.6) is 0 Å². The van der Waals surface area contributed by atoms with E-state index in [0.717, 1.165) is 11.8 Å². The molecule has 0 aliphatic heterocycles. The van der Waals surface area contributed by atoms with Gasteiger partial charge in [0.15, 0.2) is 0 Å². The molecule has 0 heteroatoms. The summed E-state index contributed by atoms with van der Waals surface area (Å²) in [5.74, 6) is 2.17. The number of hydrogen-bond acceptors (Lipinski definition) is 0. The summed E-state index contributed by atoms with van der Waals surface area (Å²) in [6, 6.07) is 0. The molecule has 0 heterocycles. The average molecular weight is 307 g/mol. The Labute approximate surface area is 141 Å². The van der Waals surface area contributed by atoms with Gasteiger partial charge < -0.3 is 0 Å². The Kier molecular flexibility index (Phi) is 12.7. The highest BCUT2D eigenvalue weighted by Crippen LogP contribution is 2.35. The van der Waals surface area contributed by atoms with Crippen LogP contribution in [0.3, 0.4) is 0 Å². The van der Waals surface area contributed by atoms with Gasteiger partial charge in [0, 0.05) is 0 Å². The molecule has 0 rings (SSSR count). The Balaban J connectivity index is 4.88. The Hall–Kier alpha value is -0.520. The minimum Gasteiger partial charge on any atom is -0.0879 e. The third-order valence-corrected chi connectivity index (χ3v) is 5.01. The van der Waals surface area contributed by atoms with Crippen molar-refractivity contribution in [2.75, 3.05) is 0 Å². The Morgan fingerprint density at radius 3 is 2.05 bits per heavy atom. The molecule has 0 bridgehead atoms. The van der Waals surface area contributed by atoms with Crippen LogP contribution in [0.25, 0.3) is 0 Å². The quantitative estimate of drug-likeness (QED) is 0.253. The molecule has 0 saturated heterocycles. The second-order valence-electron chi connectivity index (χ2n) is 7.30. The van der Waals surface area contributed by atoms with Gasteiger partial charge in [-0.3, -0.25) is 0 Å². The van der Waals surface area contributed by atoms with E-state index >= 15 is 0 Å². The fourth-order valence-electron chi connectivity index (χ4n) is 3.74. The third kappa shape index (κ3) is 8.20. The minimum atomic E-state index is 0.598. The number of unbranched alkanes of at least 4 members (excludes halogenated alkanes) is 4. The first kappa shape index (κ1) is 21.5. The summed E-state index contributed by atoms with van der Waals surface area (Å²) in [4.78, 5) is 0. The van der Waals surface area contributed by atoms with Gasteiger partial charge in [-0.15, -0.1) is 0 Å².